The highest BCUT2D eigenvalue weighted by molar-refractivity contribution is 5.94. The Kier molecular flexibility index (Phi) is 10.3. The first-order valence-corrected chi connectivity index (χ1v) is 10.6. The number of rotatable bonds is 8. The fourth-order valence-electron chi connectivity index (χ4n) is 2.88. The highest BCUT2D eigenvalue weighted by atomic mass is 16.6. The average Bonchev–Trinajstić information content (AvgIpc) is 2.68. The Labute approximate surface area is 187 Å². The maximum absolute atomic E-state index is 12.1. The first-order valence-electron chi connectivity index (χ1n) is 10.6. The van der Waals surface area contributed by atoms with Crippen molar-refractivity contribution in [3.05, 3.63) is 35.4 Å². The van der Waals surface area contributed by atoms with Gasteiger partial charge in [-0.1, -0.05) is 19.1 Å². The van der Waals surface area contributed by atoms with Crippen molar-refractivity contribution in [3.63, 3.8) is 0 Å². The zero-order chi connectivity index (χ0) is 23.6. The van der Waals surface area contributed by atoms with E-state index in [9.17, 15) is 9.59 Å². The molecule has 1 unspecified atom stereocenters. The molecule has 8 heteroatoms. The van der Waals surface area contributed by atoms with Gasteiger partial charge in [0, 0.05) is 53.4 Å². The van der Waals surface area contributed by atoms with Gasteiger partial charge in [-0.25, -0.2) is 4.79 Å². The maximum Gasteiger partial charge on any atom is 0.410 e. The predicted octanol–water partition coefficient (Wildman–Crippen LogP) is 2.60. The third-order valence-corrected chi connectivity index (χ3v) is 4.42. The van der Waals surface area contributed by atoms with E-state index < -0.39 is 5.60 Å². The van der Waals surface area contributed by atoms with Crippen LogP contribution >= 0.6 is 0 Å². The Bertz CT molecular complexity index is 756. The normalized spacial score (nSPS) is 12.7. The van der Waals surface area contributed by atoms with Crippen LogP contribution < -0.4 is 10.6 Å². The van der Waals surface area contributed by atoms with Crippen LogP contribution in [0.5, 0.6) is 0 Å². The fourth-order valence-corrected chi connectivity index (χ4v) is 2.88. The molecule has 0 aromatic heterocycles. The number of hydrogen-bond acceptors (Lipinski definition) is 4. The molecule has 1 rings (SSSR count). The zero-order valence-corrected chi connectivity index (χ0v) is 20.3. The molecule has 2 amide bonds. The molecule has 0 aliphatic carbocycles. The van der Waals surface area contributed by atoms with Gasteiger partial charge in [-0.05, 0) is 50.8 Å². The molecule has 0 heterocycles. The number of amides is 2. The number of carbonyl (C=O) groups is 2. The number of hydrogen-bond donors (Lipinski definition) is 2. The second-order valence-corrected chi connectivity index (χ2v) is 9.00. The number of ether oxygens (including phenoxy) is 1. The van der Waals surface area contributed by atoms with Crippen LogP contribution in [0.15, 0.2) is 29.3 Å². The molecule has 174 valence electrons. The van der Waals surface area contributed by atoms with Crippen molar-refractivity contribution in [1.29, 1.82) is 0 Å². The van der Waals surface area contributed by atoms with Gasteiger partial charge in [0.15, 0.2) is 5.96 Å². The van der Waals surface area contributed by atoms with E-state index in [0.29, 0.717) is 31.2 Å². The van der Waals surface area contributed by atoms with Crippen molar-refractivity contribution in [3.8, 4) is 0 Å². The summed E-state index contributed by atoms with van der Waals surface area (Å²) >= 11 is 0. The quantitative estimate of drug-likeness (QED) is 0.486. The number of carbonyl (C=O) groups excluding carboxylic acids is 2. The van der Waals surface area contributed by atoms with Crippen LogP contribution in [0.1, 0.15) is 43.6 Å². The molecule has 0 spiro atoms. The van der Waals surface area contributed by atoms with Crippen LogP contribution in [0, 0.1) is 5.92 Å². The highest BCUT2D eigenvalue weighted by Gasteiger charge is 2.20. The summed E-state index contributed by atoms with van der Waals surface area (Å²) in [5, 5.41) is 6.58. The third-order valence-electron chi connectivity index (χ3n) is 4.42. The molecular weight excluding hydrogens is 394 g/mol. The van der Waals surface area contributed by atoms with E-state index in [4.69, 9.17) is 4.74 Å². The first-order chi connectivity index (χ1) is 14.4. The summed E-state index contributed by atoms with van der Waals surface area (Å²) in [5.74, 6) is 0.912. The zero-order valence-electron chi connectivity index (χ0n) is 20.3. The van der Waals surface area contributed by atoms with Crippen molar-refractivity contribution >= 4 is 18.0 Å². The van der Waals surface area contributed by atoms with E-state index in [1.54, 1.807) is 38.0 Å². The van der Waals surface area contributed by atoms with Crippen molar-refractivity contribution < 1.29 is 14.3 Å². The van der Waals surface area contributed by atoms with Gasteiger partial charge < -0.3 is 25.2 Å². The standard InChI is InChI=1S/C23H39N5O3/c1-17(16-28(8)22(30)31-23(2,3)4)15-26-21(24-5)25-13-12-18-10-9-11-19(14-18)20(29)27(6)7/h9-11,14,17H,12-13,15-16H2,1-8H3,(H2,24,25,26). The van der Waals surface area contributed by atoms with E-state index in [-0.39, 0.29) is 17.9 Å². The van der Waals surface area contributed by atoms with Crippen LogP contribution in [0.25, 0.3) is 0 Å². The minimum Gasteiger partial charge on any atom is -0.444 e. The van der Waals surface area contributed by atoms with E-state index in [2.05, 4.69) is 22.5 Å². The number of benzene rings is 1. The number of nitrogens with one attached hydrogen (secondary N) is 2. The van der Waals surface area contributed by atoms with Crippen molar-refractivity contribution in [2.75, 3.05) is 47.8 Å². The van der Waals surface area contributed by atoms with Gasteiger partial charge in [0.1, 0.15) is 5.60 Å². The summed E-state index contributed by atoms with van der Waals surface area (Å²) in [6.45, 7) is 9.56. The molecule has 0 fully saturated rings. The minimum absolute atomic E-state index is 0.00220. The Hall–Kier alpha value is -2.77. The largest absolute Gasteiger partial charge is 0.444 e. The summed E-state index contributed by atoms with van der Waals surface area (Å²) in [6, 6.07) is 7.67. The van der Waals surface area contributed by atoms with Crippen LogP contribution in [0.3, 0.4) is 0 Å². The van der Waals surface area contributed by atoms with Gasteiger partial charge in [-0.2, -0.15) is 0 Å². The van der Waals surface area contributed by atoms with Gasteiger partial charge in [0.05, 0.1) is 0 Å². The molecule has 1 atom stereocenters. The molecule has 8 nitrogen and oxygen atoms in total. The summed E-state index contributed by atoms with van der Waals surface area (Å²) in [7, 11) is 6.97. The van der Waals surface area contributed by atoms with Gasteiger partial charge in [0.25, 0.3) is 5.91 Å². The van der Waals surface area contributed by atoms with E-state index in [1.165, 1.54) is 0 Å². The van der Waals surface area contributed by atoms with Crippen LogP contribution in [0.2, 0.25) is 0 Å². The molecule has 2 N–H and O–H groups in total. The lowest BCUT2D eigenvalue weighted by molar-refractivity contribution is 0.0277. The lowest BCUT2D eigenvalue weighted by Crippen LogP contribution is -2.43. The second-order valence-electron chi connectivity index (χ2n) is 9.00. The Balaban J connectivity index is 2.44. The molecule has 0 aliphatic rings. The van der Waals surface area contributed by atoms with E-state index in [0.717, 1.165) is 12.0 Å². The molecule has 0 saturated carbocycles. The summed E-state index contributed by atoms with van der Waals surface area (Å²) in [4.78, 5) is 31.6. The van der Waals surface area contributed by atoms with Crippen molar-refractivity contribution in [1.82, 2.24) is 20.4 Å². The molecule has 0 aliphatic heterocycles. The average molecular weight is 434 g/mol. The maximum atomic E-state index is 12.1. The van der Waals surface area contributed by atoms with E-state index in [1.807, 2.05) is 45.0 Å². The summed E-state index contributed by atoms with van der Waals surface area (Å²) in [5.41, 5.74) is 1.27. The Morgan fingerprint density at radius 2 is 1.84 bits per heavy atom. The SMILES string of the molecule is CN=C(NCCc1cccc(C(=O)N(C)C)c1)NCC(C)CN(C)C(=O)OC(C)(C)C. The number of aliphatic imine (C=N–C) groups is 1. The van der Waals surface area contributed by atoms with E-state index >= 15 is 0 Å². The van der Waals surface area contributed by atoms with Crippen molar-refractivity contribution in [2.24, 2.45) is 10.9 Å². The number of nitrogens with zero attached hydrogens (tertiary/aromatic N) is 3. The molecule has 1 aromatic carbocycles. The lowest BCUT2D eigenvalue weighted by Gasteiger charge is -2.26. The fraction of sp³-hybridized carbons (Fsp3) is 0.609. The monoisotopic (exact) mass is 433 g/mol. The predicted molar refractivity (Wildman–Crippen MR) is 126 cm³/mol. The van der Waals surface area contributed by atoms with Crippen molar-refractivity contribution in [2.45, 2.75) is 39.7 Å². The van der Waals surface area contributed by atoms with Crippen LogP contribution in [-0.2, 0) is 11.2 Å². The van der Waals surface area contributed by atoms with Gasteiger partial charge >= 0.3 is 6.09 Å². The van der Waals surface area contributed by atoms with Gasteiger partial charge in [0.2, 0.25) is 0 Å². The molecule has 1 aromatic rings. The topological polar surface area (TPSA) is 86.3 Å². The molecule has 0 radical (unpaired) electrons. The molecule has 31 heavy (non-hydrogen) atoms. The summed E-state index contributed by atoms with van der Waals surface area (Å²) in [6.07, 6.45) is 0.448. The Morgan fingerprint density at radius 1 is 1.16 bits per heavy atom. The first kappa shape index (κ1) is 26.3. The van der Waals surface area contributed by atoms with Gasteiger partial charge in [-0.3, -0.25) is 9.79 Å². The van der Waals surface area contributed by atoms with Gasteiger partial charge in [-0.15, -0.1) is 0 Å². The molecule has 0 bridgehead atoms. The smallest absolute Gasteiger partial charge is 0.410 e. The lowest BCUT2D eigenvalue weighted by atomic mass is 10.1. The molecular formula is C23H39N5O3. The minimum atomic E-state index is -0.502. The summed E-state index contributed by atoms with van der Waals surface area (Å²) < 4.78 is 5.39. The third kappa shape index (κ3) is 10.2. The number of guanidine groups is 1. The van der Waals surface area contributed by atoms with Crippen LogP contribution in [0.4, 0.5) is 4.79 Å². The van der Waals surface area contributed by atoms with Crippen LogP contribution in [-0.4, -0.2) is 81.2 Å². The Morgan fingerprint density at radius 3 is 2.42 bits per heavy atom. The molecule has 0 saturated heterocycles. The highest BCUT2D eigenvalue weighted by Crippen LogP contribution is 2.10. The second kappa shape index (κ2) is 12.2.